The Balaban J connectivity index is 2.15. The van der Waals surface area contributed by atoms with Crippen molar-refractivity contribution in [3.8, 4) is 5.75 Å². The summed E-state index contributed by atoms with van der Waals surface area (Å²) in [6.45, 7) is 5.49. The van der Waals surface area contributed by atoms with Gasteiger partial charge in [0.2, 0.25) is 12.7 Å². The third-order valence-electron chi connectivity index (χ3n) is 3.80. The summed E-state index contributed by atoms with van der Waals surface area (Å²) in [4.78, 5) is 35.1. The van der Waals surface area contributed by atoms with Gasteiger partial charge in [0.1, 0.15) is 17.1 Å². The van der Waals surface area contributed by atoms with Crippen molar-refractivity contribution in [1.82, 2.24) is 5.32 Å². The lowest BCUT2D eigenvalue weighted by Gasteiger charge is -2.29. The molecular formula is C17H21BFNO7. The number of ether oxygens (including phenoxy) is 2. The average molecular weight is 381 g/mol. The molecule has 1 amide bonds. The monoisotopic (exact) mass is 381 g/mol. The number of carbonyl (C=O) groups excluding carboxylic acids is 3. The van der Waals surface area contributed by atoms with E-state index in [1.165, 1.54) is 13.0 Å². The van der Waals surface area contributed by atoms with Crippen LogP contribution < -0.4 is 9.97 Å². The van der Waals surface area contributed by atoms with Crippen LogP contribution in [0.15, 0.2) is 12.1 Å². The van der Waals surface area contributed by atoms with E-state index in [0.29, 0.717) is 5.56 Å². The van der Waals surface area contributed by atoms with Gasteiger partial charge >= 0.3 is 19.1 Å². The van der Waals surface area contributed by atoms with Gasteiger partial charge in [-0.25, -0.2) is 9.18 Å². The summed E-state index contributed by atoms with van der Waals surface area (Å²) in [5, 5.41) is 12.5. The Hall–Kier alpha value is -2.62. The predicted octanol–water partition coefficient (Wildman–Crippen LogP) is 0.989. The predicted molar refractivity (Wildman–Crippen MR) is 92.1 cm³/mol. The molecule has 2 N–H and O–H groups in total. The van der Waals surface area contributed by atoms with Crippen LogP contribution in [0.2, 0.25) is 0 Å². The first kappa shape index (κ1) is 20.7. The SMILES string of the molecule is CC(=O)NC1Cc2ccc(F)c(C(=O)OCOC(=O)C(C)(C)C)c2OB1O. The molecule has 0 radical (unpaired) electrons. The fourth-order valence-electron chi connectivity index (χ4n) is 2.44. The molecule has 2 rings (SSSR count). The van der Waals surface area contributed by atoms with Crippen molar-refractivity contribution in [2.24, 2.45) is 5.41 Å². The molecule has 146 valence electrons. The maximum absolute atomic E-state index is 14.2. The molecule has 0 spiro atoms. The van der Waals surface area contributed by atoms with Crippen LogP contribution in [0.4, 0.5) is 4.39 Å². The van der Waals surface area contributed by atoms with Gasteiger partial charge in [-0.3, -0.25) is 9.59 Å². The Morgan fingerprint density at radius 3 is 2.59 bits per heavy atom. The number of esters is 2. The summed E-state index contributed by atoms with van der Waals surface area (Å²) in [7, 11) is -1.46. The highest BCUT2D eigenvalue weighted by molar-refractivity contribution is 6.47. The molecule has 8 nitrogen and oxygen atoms in total. The van der Waals surface area contributed by atoms with E-state index in [2.05, 4.69) is 5.32 Å². The molecule has 0 bridgehead atoms. The van der Waals surface area contributed by atoms with Crippen LogP contribution in [0, 0.1) is 11.2 Å². The van der Waals surface area contributed by atoms with Gasteiger partial charge in [0.05, 0.1) is 11.4 Å². The van der Waals surface area contributed by atoms with Crippen LogP contribution in [0.25, 0.3) is 0 Å². The molecule has 1 aliphatic rings. The Morgan fingerprint density at radius 1 is 1.33 bits per heavy atom. The third-order valence-corrected chi connectivity index (χ3v) is 3.80. The van der Waals surface area contributed by atoms with Crippen molar-refractivity contribution in [1.29, 1.82) is 0 Å². The highest BCUT2D eigenvalue weighted by Gasteiger charge is 2.38. The van der Waals surface area contributed by atoms with Crippen LogP contribution in [-0.2, 0) is 25.5 Å². The zero-order valence-electron chi connectivity index (χ0n) is 15.5. The normalized spacial score (nSPS) is 16.1. The quantitative estimate of drug-likeness (QED) is 0.455. The van der Waals surface area contributed by atoms with Crippen molar-refractivity contribution in [3.05, 3.63) is 29.1 Å². The average Bonchev–Trinajstić information content (AvgIpc) is 2.54. The Morgan fingerprint density at radius 2 is 2.00 bits per heavy atom. The second-order valence-corrected chi connectivity index (χ2v) is 7.16. The number of fused-ring (bicyclic) bond motifs is 1. The van der Waals surface area contributed by atoms with Gasteiger partial charge in [-0.2, -0.15) is 0 Å². The van der Waals surface area contributed by atoms with Crippen molar-refractivity contribution in [3.63, 3.8) is 0 Å². The fourth-order valence-corrected chi connectivity index (χ4v) is 2.44. The molecule has 27 heavy (non-hydrogen) atoms. The van der Waals surface area contributed by atoms with Crippen LogP contribution in [0.5, 0.6) is 5.75 Å². The van der Waals surface area contributed by atoms with Crippen molar-refractivity contribution >= 4 is 25.0 Å². The minimum Gasteiger partial charge on any atom is -0.534 e. The molecule has 0 aliphatic carbocycles. The highest BCUT2D eigenvalue weighted by atomic mass is 19.1. The minimum atomic E-state index is -1.46. The summed E-state index contributed by atoms with van der Waals surface area (Å²) < 4.78 is 29.1. The lowest BCUT2D eigenvalue weighted by atomic mass is 9.72. The number of hydrogen-bond donors (Lipinski definition) is 2. The topological polar surface area (TPSA) is 111 Å². The standard InChI is InChI=1S/C17H21BFNO7/c1-9(21)20-12-7-10-5-6-11(19)13(14(10)27-18(12)24)15(22)25-8-26-16(23)17(2,3)4/h5-6,12,24H,7-8H2,1-4H3,(H,20,21). The van der Waals surface area contributed by atoms with Gasteiger partial charge in [0.25, 0.3) is 0 Å². The van der Waals surface area contributed by atoms with Crippen molar-refractivity contribution < 1.29 is 37.9 Å². The number of hydrogen-bond acceptors (Lipinski definition) is 7. The summed E-state index contributed by atoms with van der Waals surface area (Å²) >= 11 is 0. The number of rotatable bonds is 4. The molecule has 1 aromatic carbocycles. The van der Waals surface area contributed by atoms with E-state index < -0.39 is 48.6 Å². The van der Waals surface area contributed by atoms with Gasteiger partial charge in [-0.15, -0.1) is 0 Å². The molecule has 1 heterocycles. The van der Waals surface area contributed by atoms with Gasteiger partial charge in [0, 0.05) is 6.92 Å². The van der Waals surface area contributed by atoms with Gasteiger partial charge < -0.3 is 24.5 Å². The maximum atomic E-state index is 14.2. The summed E-state index contributed by atoms with van der Waals surface area (Å²) in [5.74, 6) is -3.88. The van der Waals surface area contributed by atoms with E-state index in [0.717, 1.165) is 6.07 Å². The molecule has 0 saturated heterocycles. The lowest BCUT2D eigenvalue weighted by molar-refractivity contribution is -0.161. The zero-order chi connectivity index (χ0) is 20.4. The zero-order valence-corrected chi connectivity index (χ0v) is 15.5. The number of carbonyl (C=O) groups is 3. The van der Waals surface area contributed by atoms with Crippen LogP contribution >= 0.6 is 0 Å². The van der Waals surface area contributed by atoms with E-state index in [1.54, 1.807) is 20.8 Å². The molecule has 1 aliphatic heterocycles. The van der Waals surface area contributed by atoms with Crippen LogP contribution in [-0.4, -0.2) is 42.7 Å². The van der Waals surface area contributed by atoms with Gasteiger partial charge in [0.15, 0.2) is 0 Å². The second-order valence-electron chi connectivity index (χ2n) is 7.16. The van der Waals surface area contributed by atoms with E-state index in [9.17, 15) is 23.8 Å². The maximum Gasteiger partial charge on any atom is 0.547 e. The number of halogens is 1. The highest BCUT2D eigenvalue weighted by Crippen LogP contribution is 2.32. The third kappa shape index (κ3) is 4.97. The van der Waals surface area contributed by atoms with E-state index in [1.807, 2.05) is 0 Å². The first-order valence-corrected chi connectivity index (χ1v) is 8.28. The molecule has 0 aromatic heterocycles. The van der Waals surface area contributed by atoms with Gasteiger partial charge in [-0.05, 0) is 38.8 Å². The summed E-state index contributed by atoms with van der Waals surface area (Å²) in [6, 6.07) is 2.45. The Bertz CT molecular complexity index is 762. The number of amides is 1. The van der Waals surface area contributed by atoms with Crippen molar-refractivity contribution in [2.45, 2.75) is 40.1 Å². The van der Waals surface area contributed by atoms with Crippen LogP contribution in [0.3, 0.4) is 0 Å². The minimum absolute atomic E-state index is 0.135. The number of benzene rings is 1. The van der Waals surface area contributed by atoms with E-state index in [4.69, 9.17) is 14.1 Å². The first-order valence-electron chi connectivity index (χ1n) is 8.28. The first-order chi connectivity index (χ1) is 12.5. The molecule has 1 aromatic rings. The summed E-state index contributed by atoms with van der Waals surface area (Å²) in [6.07, 6.45) is 0.135. The Kier molecular flexibility index (Phi) is 6.10. The molecule has 0 fully saturated rings. The van der Waals surface area contributed by atoms with Gasteiger partial charge in [-0.1, -0.05) is 6.07 Å². The molecular weight excluding hydrogens is 360 g/mol. The largest absolute Gasteiger partial charge is 0.547 e. The lowest BCUT2D eigenvalue weighted by Crippen LogP contribution is -2.52. The van der Waals surface area contributed by atoms with Crippen LogP contribution in [0.1, 0.15) is 43.6 Å². The second kappa shape index (κ2) is 7.95. The Labute approximate surface area is 156 Å². The molecule has 10 heteroatoms. The molecule has 1 unspecified atom stereocenters. The fraction of sp³-hybridized carbons (Fsp3) is 0.471. The molecule has 1 atom stereocenters. The number of nitrogens with one attached hydrogen (secondary N) is 1. The smallest absolute Gasteiger partial charge is 0.534 e. The summed E-state index contributed by atoms with van der Waals surface area (Å²) in [5.41, 5.74) is -0.881. The molecule has 0 saturated carbocycles. The van der Waals surface area contributed by atoms with E-state index >= 15 is 0 Å². The van der Waals surface area contributed by atoms with E-state index in [-0.39, 0.29) is 18.1 Å². The van der Waals surface area contributed by atoms with Crippen molar-refractivity contribution in [2.75, 3.05) is 6.79 Å².